The fourth-order valence-corrected chi connectivity index (χ4v) is 2.26. The quantitative estimate of drug-likeness (QED) is 0.626. The SMILES string of the molecule is COc1ccc(CC(=O)OCc2nc(-c3ccc(Cl)cc3)no2)cc1. The van der Waals surface area contributed by atoms with Crippen LogP contribution >= 0.6 is 11.6 Å². The van der Waals surface area contributed by atoms with E-state index < -0.39 is 0 Å². The average Bonchev–Trinajstić information content (AvgIpc) is 3.10. The number of hydrogen-bond acceptors (Lipinski definition) is 6. The second kappa shape index (κ2) is 7.81. The minimum absolute atomic E-state index is 0.0738. The van der Waals surface area contributed by atoms with E-state index in [9.17, 15) is 4.79 Å². The Hall–Kier alpha value is -2.86. The summed E-state index contributed by atoms with van der Waals surface area (Å²) in [5, 5.41) is 4.49. The van der Waals surface area contributed by atoms with E-state index in [1.165, 1.54) is 0 Å². The summed E-state index contributed by atoms with van der Waals surface area (Å²) in [5.41, 5.74) is 1.60. The maximum atomic E-state index is 11.9. The van der Waals surface area contributed by atoms with Crippen LogP contribution in [-0.2, 0) is 22.6 Å². The fourth-order valence-electron chi connectivity index (χ4n) is 2.13. The summed E-state index contributed by atoms with van der Waals surface area (Å²) in [6.45, 7) is -0.0738. The third-order valence-electron chi connectivity index (χ3n) is 3.43. The first-order chi connectivity index (χ1) is 12.1. The Balaban J connectivity index is 1.54. The Kier molecular flexibility index (Phi) is 5.30. The number of aromatic nitrogens is 2. The van der Waals surface area contributed by atoms with E-state index in [1.807, 2.05) is 12.1 Å². The van der Waals surface area contributed by atoms with Crippen LogP contribution in [0.25, 0.3) is 11.4 Å². The summed E-state index contributed by atoms with van der Waals surface area (Å²) in [4.78, 5) is 16.1. The van der Waals surface area contributed by atoms with Crippen LogP contribution in [0.15, 0.2) is 53.1 Å². The maximum Gasteiger partial charge on any atom is 0.310 e. The summed E-state index contributed by atoms with van der Waals surface area (Å²) >= 11 is 5.84. The molecule has 0 aliphatic heterocycles. The van der Waals surface area contributed by atoms with E-state index in [0.29, 0.717) is 10.8 Å². The molecule has 25 heavy (non-hydrogen) atoms. The molecule has 1 heterocycles. The first-order valence-electron chi connectivity index (χ1n) is 7.51. The molecule has 3 aromatic rings. The van der Waals surface area contributed by atoms with E-state index in [0.717, 1.165) is 16.9 Å². The number of carbonyl (C=O) groups is 1. The second-order valence-corrected chi connectivity index (χ2v) is 5.64. The molecule has 0 fully saturated rings. The molecule has 0 atom stereocenters. The van der Waals surface area contributed by atoms with Crippen molar-refractivity contribution in [1.82, 2.24) is 10.1 Å². The van der Waals surface area contributed by atoms with Crippen molar-refractivity contribution in [3.63, 3.8) is 0 Å². The molecule has 6 nitrogen and oxygen atoms in total. The number of rotatable bonds is 6. The predicted molar refractivity (Wildman–Crippen MR) is 91.2 cm³/mol. The second-order valence-electron chi connectivity index (χ2n) is 5.20. The van der Waals surface area contributed by atoms with Gasteiger partial charge in [-0.15, -0.1) is 0 Å². The number of methoxy groups -OCH3 is 1. The summed E-state index contributed by atoms with van der Waals surface area (Å²) in [6.07, 6.45) is 0.155. The third kappa shape index (κ3) is 4.58. The van der Waals surface area contributed by atoms with Gasteiger partial charge in [-0.3, -0.25) is 4.79 Å². The van der Waals surface area contributed by atoms with Gasteiger partial charge in [0, 0.05) is 10.6 Å². The van der Waals surface area contributed by atoms with Gasteiger partial charge in [0.1, 0.15) is 5.75 Å². The summed E-state index contributed by atoms with van der Waals surface area (Å²) < 4.78 is 15.3. The molecule has 0 unspecified atom stereocenters. The number of ether oxygens (including phenoxy) is 2. The van der Waals surface area contributed by atoms with Crippen LogP contribution < -0.4 is 4.74 Å². The molecule has 0 radical (unpaired) electrons. The summed E-state index contributed by atoms with van der Waals surface area (Å²) in [5.74, 6) is 1.00. The number of halogens is 1. The van der Waals surface area contributed by atoms with Gasteiger partial charge in [-0.25, -0.2) is 0 Å². The molecule has 0 saturated carbocycles. The number of carbonyl (C=O) groups excluding carboxylic acids is 1. The molecule has 0 spiro atoms. The molecule has 0 amide bonds. The van der Waals surface area contributed by atoms with Gasteiger partial charge in [-0.05, 0) is 42.0 Å². The monoisotopic (exact) mass is 358 g/mol. The lowest BCUT2D eigenvalue weighted by atomic mass is 10.1. The van der Waals surface area contributed by atoms with E-state index in [1.54, 1.807) is 43.5 Å². The van der Waals surface area contributed by atoms with Crippen molar-refractivity contribution < 1.29 is 18.8 Å². The predicted octanol–water partition coefficient (Wildman–Crippen LogP) is 3.68. The maximum absolute atomic E-state index is 11.9. The van der Waals surface area contributed by atoms with Crippen molar-refractivity contribution in [2.75, 3.05) is 7.11 Å². The van der Waals surface area contributed by atoms with Gasteiger partial charge in [0.05, 0.1) is 13.5 Å². The van der Waals surface area contributed by atoms with E-state index in [2.05, 4.69) is 10.1 Å². The van der Waals surface area contributed by atoms with Gasteiger partial charge in [0.2, 0.25) is 5.82 Å². The normalized spacial score (nSPS) is 10.5. The molecule has 2 aromatic carbocycles. The zero-order valence-corrected chi connectivity index (χ0v) is 14.2. The molecule has 0 aliphatic rings. The Morgan fingerprint density at radius 1 is 1.12 bits per heavy atom. The number of esters is 1. The number of benzene rings is 2. The Labute approximate surface area is 149 Å². The first kappa shape index (κ1) is 17.0. The molecule has 0 N–H and O–H groups in total. The molecule has 3 rings (SSSR count). The lowest BCUT2D eigenvalue weighted by Gasteiger charge is -2.03. The van der Waals surface area contributed by atoms with Crippen molar-refractivity contribution in [2.45, 2.75) is 13.0 Å². The highest BCUT2D eigenvalue weighted by molar-refractivity contribution is 6.30. The van der Waals surface area contributed by atoms with Crippen LogP contribution in [0.3, 0.4) is 0 Å². The van der Waals surface area contributed by atoms with Crippen LogP contribution in [0.1, 0.15) is 11.5 Å². The minimum atomic E-state index is -0.378. The zero-order valence-electron chi connectivity index (χ0n) is 13.4. The van der Waals surface area contributed by atoms with Gasteiger partial charge in [-0.2, -0.15) is 4.98 Å². The van der Waals surface area contributed by atoms with Crippen LogP contribution in [-0.4, -0.2) is 23.2 Å². The van der Waals surface area contributed by atoms with E-state index >= 15 is 0 Å². The Morgan fingerprint density at radius 2 is 1.84 bits per heavy atom. The lowest BCUT2D eigenvalue weighted by Crippen LogP contribution is -2.08. The molecule has 0 bridgehead atoms. The van der Waals surface area contributed by atoms with Crippen LogP contribution in [0.5, 0.6) is 5.75 Å². The minimum Gasteiger partial charge on any atom is -0.497 e. The zero-order chi connectivity index (χ0) is 17.6. The van der Waals surface area contributed by atoms with E-state index in [-0.39, 0.29) is 24.9 Å². The van der Waals surface area contributed by atoms with Crippen LogP contribution in [0.2, 0.25) is 5.02 Å². The van der Waals surface area contributed by atoms with Crippen LogP contribution in [0.4, 0.5) is 0 Å². The van der Waals surface area contributed by atoms with Crippen molar-refractivity contribution in [3.8, 4) is 17.1 Å². The first-order valence-corrected chi connectivity index (χ1v) is 7.89. The highest BCUT2D eigenvalue weighted by atomic mass is 35.5. The van der Waals surface area contributed by atoms with Crippen molar-refractivity contribution >= 4 is 17.6 Å². The van der Waals surface area contributed by atoms with Gasteiger partial charge < -0.3 is 14.0 Å². The van der Waals surface area contributed by atoms with Crippen LogP contribution in [0, 0.1) is 0 Å². The van der Waals surface area contributed by atoms with Gasteiger partial charge in [0.15, 0.2) is 6.61 Å². The summed E-state index contributed by atoms with van der Waals surface area (Å²) in [7, 11) is 1.59. The van der Waals surface area contributed by atoms with Crippen molar-refractivity contribution in [3.05, 3.63) is 65.0 Å². The number of nitrogens with zero attached hydrogens (tertiary/aromatic N) is 2. The molecule has 1 aromatic heterocycles. The standard InChI is InChI=1S/C18H15ClN2O4/c1-23-15-8-2-12(3-9-15)10-17(22)24-11-16-20-18(21-25-16)13-4-6-14(19)7-5-13/h2-9H,10-11H2,1H3. The topological polar surface area (TPSA) is 74.5 Å². The van der Waals surface area contributed by atoms with Crippen molar-refractivity contribution in [1.29, 1.82) is 0 Å². The third-order valence-corrected chi connectivity index (χ3v) is 3.69. The van der Waals surface area contributed by atoms with E-state index in [4.69, 9.17) is 25.6 Å². The number of hydrogen-bond donors (Lipinski definition) is 0. The highest BCUT2D eigenvalue weighted by Crippen LogP contribution is 2.19. The smallest absolute Gasteiger partial charge is 0.310 e. The molecule has 0 saturated heterocycles. The van der Waals surface area contributed by atoms with Gasteiger partial charge in [0.25, 0.3) is 5.89 Å². The average molecular weight is 359 g/mol. The highest BCUT2D eigenvalue weighted by Gasteiger charge is 2.11. The molecular weight excluding hydrogens is 344 g/mol. The molecular formula is C18H15ClN2O4. The Bertz CT molecular complexity index is 844. The summed E-state index contributed by atoms with van der Waals surface area (Å²) in [6, 6.07) is 14.2. The van der Waals surface area contributed by atoms with Gasteiger partial charge >= 0.3 is 5.97 Å². The van der Waals surface area contributed by atoms with Gasteiger partial charge in [-0.1, -0.05) is 28.9 Å². The molecule has 7 heteroatoms. The lowest BCUT2D eigenvalue weighted by molar-refractivity contribution is -0.144. The van der Waals surface area contributed by atoms with Crippen molar-refractivity contribution in [2.24, 2.45) is 0 Å². The fraction of sp³-hybridized carbons (Fsp3) is 0.167. The largest absolute Gasteiger partial charge is 0.497 e. The Morgan fingerprint density at radius 3 is 2.52 bits per heavy atom. The molecule has 128 valence electrons. The molecule has 0 aliphatic carbocycles.